The van der Waals surface area contributed by atoms with Crippen molar-refractivity contribution in [3.05, 3.63) is 94.6 Å². The summed E-state index contributed by atoms with van der Waals surface area (Å²) < 4.78 is 5.51. The highest BCUT2D eigenvalue weighted by atomic mass is 35.5. The van der Waals surface area contributed by atoms with Crippen molar-refractivity contribution in [1.29, 1.82) is 0 Å². The van der Waals surface area contributed by atoms with E-state index in [4.69, 9.17) is 16.3 Å². The lowest BCUT2D eigenvalue weighted by Gasteiger charge is -2.14. The molecule has 0 atom stereocenters. The van der Waals surface area contributed by atoms with Gasteiger partial charge in [-0.25, -0.2) is 4.79 Å². The van der Waals surface area contributed by atoms with Gasteiger partial charge in [0.05, 0.1) is 11.6 Å². The fraction of sp³-hybridized carbons (Fsp3) is 0.115. The van der Waals surface area contributed by atoms with Crippen LogP contribution in [0, 0.1) is 11.8 Å². The maximum atomic E-state index is 12.2. The molecule has 1 aliphatic rings. The van der Waals surface area contributed by atoms with Crippen molar-refractivity contribution in [2.24, 2.45) is 0 Å². The van der Waals surface area contributed by atoms with Crippen molar-refractivity contribution in [2.75, 3.05) is 13.2 Å². The van der Waals surface area contributed by atoms with Crippen LogP contribution in [-0.2, 0) is 4.74 Å². The van der Waals surface area contributed by atoms with Crippen LogP contribution in [-0.4, -0.2) is 24.2 Å². The molecule has 0 fully saturated rings. The first-order chi connectivity index (χ1) is 15.2. The maximum absolute atomic E-state index is 12.2. The van der Waals surface area contributed by atoms with Gasteiger partial charge in [0.2, 0.25) is 0 Å². The lowest BCUT2D eigenvalue weighted by atomic mass is 9.98. The normalized spacial score (nSPS) is 12.0. The molecule has 1 aliphatic carbocycles. The summed E-state index contributed by atoms with van der Waals surface area (Å²) in [6.45, 7) is 0.460. The number of H-pyrrole nitrogens is 1. The smallest absolute Gasteiger partial charge is 0.407 e. The summed E-state index contributed by atoms with van der Waals surface area (Å²) in [7, 11) is 0. The average molecular weight is 427 g/mol. The van der Waals surface area contributed by atoms with Gasteiger partial charge in [0.15, 0.2) is 0 Å². The van der Waals surface area contributed by atoms with Gasteiger partial charge in [-0.15, -0.1) is 0 Å². The number of rotatable bonds is 3. The highest BCUT2D eigenvalue weighted by Crippen LogP contribution is 2.44. The first-order valence-corrected chi connectivity index (χ1v) is 10.4. The van der Waals surface area contributed by atoms with Crippen LogP contribution < -0.4 is 5.32 Å². The number of hydrogen-bond acceptors (Lipinski definition) is 2. The number of benzene rings is 3. The quantitative estimate of drug-likeness (QED) is 0.412. The fourth-order valence-corrected chi connectivity index (χ4v) is 4.29. The number of carbonyl (C=O) groups is 1. The van der Waals surface area contributed by atoms with E-state index < -0.39 is 6.09 Å². The molecular formula is C26H19ClN2O2. The Labute approximate surface area is 185 Å². The number of nitrogens with one attached hydrogen (secondary N) is 2. The number of fused-ring (bicyclic) bond motifs is 4. The monoisotopic (exact) mass is 426 g/mol. The van der Waals surface area contributed by atoms with Crippen molar-refractivity contribution in [3.63, 3.8) is 0 Å². The topological polar surface area (TPSA) is 54.1 Å². The van der Waals surface area contributed by atoms with Crippen LogP contribution in [0.5, 0.6) is 0 Å². The Kier molecular flexibility index (Phi) is 5.11. The molecule has 31 heavy (non-hydrogen) atoms. The van der Waals surface area contributed by atoms with Gasteiger partial charge in [-0.05, 0) is 40.5 Å². The van der Waals surface area contributed by atoms with Gasteiger partial charge in [0.1, 0.15) is 6.61 Å². The third kappa shape index (κ3) is 3.76. The molecule has 1 heterocycles. The molecule has 5 heteroatoms. The minimum atomic E-state index is -0.483. The van der Waals surface area contributed by atoms with Crippen LogP contribution in [0.1, 0.15) is 22.6 Å². The Morgan fingerprint density at radius 1 is 1.03 bits per heavy atom. The Morgan fingerprint density at radius 3 is 2.48 bits per heavy atom. The summed E-state index contributed by atoms with van der Waals surface area (Å²) >= 11 is 6.27. The summed E-state index contributed by atoms with van der Waals surface area (Å²) in [4.78, 5) is 15.3. The van der Waals surface area contributed by atoms with Crippen LogP contribution in [0.25, 0.3) is 22.0 Å². The van der Waals surface area contributed by atoms with Gasteiger partial charge < -0.3 is 15.0 Å². The predicted octanol–water partition coefficient (Wildman–Crippen LogP) is 5.71. The second-order valence-corrected chi connectivity index (χ2v) is 7.79. The van der Waals surface area contributed by atoms with Crippen molar-refractivity contribution in [1.82, 2.24) is 10.3 Å². The van der Waals surface area contributed by atoms with Crippen LogP contribution in [0.15, 0.2) is 72.9 Å². The third-order valence-electron chi connectivity index (χ3n) is 5.53. The first kappa shape index (κ1) is 19.3. The second-order valence-electron chi connectivity index (χ2n) is 7.38. The number of aromatic amines is 1. The number of carbonyl (C=O) groups excluding carboxylic acids is 1. The number of amides is 1. The summed E-state index contributed by atoms with van der Waals surface area (Å²) in [6, 6.07) is 22.2. The lowest BCUT2D eigenvalue weighted by molar-refractivity contribution is 0.144. The molecule has 0 bridgehead atoms. The standard InChI is InChI=1S/C26H19ClN2O2/c27-24-15-25-18(11-13-28-25)14-17(24)6-5-12-29-26(30)31-16-23-21-9-3-1-7-19(21)20-8-2-4-10-22(20)23/h1-4,7-11,13-15,23,28H,12,16H2,(H,29,30). The number of halogens is 1. The minimum absolute atomic E-state index is 0.0381. The molecule has 0 saturated carbocycles. The first-order valence-electron chi connectivity index (χ1n) is 10.0. The Morgan fingerprint density at radius 2 is 1.74 bits per heavy atom. The second kappa shape index (κ2) is 8.22. The van der Waals surface area contributed by atoms with E-state index in [2.05, 4.69) is 46.4 Å². The van der Waals surface area contributed by atoms with Gasteiger partial charge in [-0.3, -0.25) is 0 Å². The number of hydrogen-bond donors (Lipinski definition) is 2. The van der Waals surface area contributed by atoms with Crippen molar-refractivity contribution in [2.45, 2.75) is 5.92 Å². The molecule has 4 nitrogen and oxygen atoms in total. The van der Waals surface area contributed by atoms with E-state index >= 15 is 0 Å². The Hall–Kier alpha value is -3.68. The van der Waals surface area contributed by atoms with Crippen LogP contribution in [0.4, 0.5) is 4.79 Å². The predicted molar refractivity (Wildman–Crippen MR) is 123 cm³/mol. The third-order valence-corrected chi connectivity index (χ3v) is 5.84. The zero-order valence-corrected chi connectivity index (χ0v) is 17.4. The van der Waals surface area contributed by atoms with E-state index in [1.165, 1.54) is 22.3 Å². The van der Waals surface area contributed by atoms with Crippen molar-refractivity contribution < 1.29 is 9.53 Å². The molecule has 0 saturated heterocycles. The van der Waals surface area contributed by atoms with E-state index in [1.54, 1.807) is 0 Å². The van der Waals surface area contributed by atoms with E-state index in [0.717, 1.165) is 16.5 Å². The van der Waals surface area contributed by atoms with E-state index in [0.29, 0.717) is 5.02 Å². The molecular weight excluding hydrogens is 408 g/mol. The molecule has 1 aromatic heterocycles. The molecule has 0 radical (unpaired) electrons. The highest BCUT2D eigenvalue weighted by molar-refractivity contribution is 6.32. The molecule has 3 aromatic carbocycles. The van der Waals surface area contributed by atoms with E-state index in [9.17, 15) is 4.79 Å². The molecule has 0 spiro atoms. The van der Waals surface area contributed by atoms with Crippen molar-refractivity contribution in [3.8, 4) is 23.0 Å². The molecule has 152 valence electrons. The number of alkyl carbamates (subject to hydrolysis) is 1. The summed E-state index contributed by atoms with van der Waals surface area (Å²) in [6.07, 6.45) is 1.38. The maximum Gasteiger partial charge on any atom is 0.407 e. The summed E-state index contributed by atoms with van der Waals surface area (Å²) in [5.41, 5.74) is 6.47. The van der Waals surface area contributed by atoms with Crippen LogP contribution in [0.3, 0.4) is 0 Å². The van der Waals surface area contributed by atoms with Gasteiger partial charge in [-0.1, -0.05) is 72.0 Å². The van der Waals surface area contributed by atoms with Gasteiger partial charge in [-0.2, -0.15) is 0 Å². The van der Waals surface area contributed by atoms with Gasteiger partial charge in [0.25, 0.3) is 0 Å². The molecule has 1 amide bonds. The zero-order valence-electron chi connectivity index (χ0n) is 16.6. The van der Waals surface area contributed by atoms with Gasteiger partial charge >= 0.3 is 6.09 Å². The number of ether oxygens (including phenoxy) is 1. The summed E-state index contributed by atoms with van der Waals surface area (Å²) in [5.74, 6) is 5.98. The average Bonchev–Trinajstić information content (AvgIpc) is 3.37. The molecule has 5 rings (SSSR count). The van der Waals surface area contributed by atoms with Crippen LogP contribution >= 0.6 is 11.6 Å². The van der Waals surface area contributed by atoms with E-state index in [1.807, 2.05) is 48.7 Å². The zero-order chi connectivity index (χ0) is 21.2. The van der Waals surface area contributed by atoms with E-state index in [-0.39, 0.29) is 19.1 Å². The minimum Gasteiger partial charge on any atom is -0.449 e. The highest BCUT2D eigenvalue weighted by Gasteiger charge is 2.28. The van der Waals surface area contributed by atoms with Crippen LogP contribution in [0.2, 0.25) is 5.02 Å². The molecule has 4 aromatic rings. The Balaban J connectivity index is 1.21. The molecule has 0 unspecified atom stereocenters. The SMILES string of the molecule is O=C(NCC#Cc1cc2cc[nH]c2cc1Cl)OCC1c2ccccc2-c2ccccc21. The summed E-state index contributed by atoms with van der Waals surface area (Å²) in [5, 5.41) is 4.31. The van der Waals surface area contributed by atoms with Gasteiger partial charge in [0, 0.05) is 28.6 Å². The largest absolute Gasteiger partial charge is 0.449 e. The Bertz CT molecular complexity index is 1300. The van der Waals surface area contributed by atoms with Crippen molar-refractivity contribution >= 4 is 28.6 Å². The lowest BCUT2D eigenvalue weighted by Crippen LogP contribution is -2.26. The fourth-order valence-electron chi connectivity index (χ4n) is 4.08. The molecule has 2 N–H and O–H groups in total. The number of aromatic nitrogens is 1. The molecule has 0 aliphatic heterocycles.